The summed E-state index contributed by atoms with van der Waals surface area (Å²) >= 11 is 0. The van der Waals surface area contributed by atoms with Gasteiger partial charge < -0.3 is 15.4 Å². The molecule has 4 nitrogen and oxygen atoms in total. The minimum absolute atomic E-state index is 0.0295. The number of likely N-dealkylation sites (N-methyl/N-ethyl adjacent to an activating group) is 1. The lowest BCUT2D eigenvalue weighted by molar-refractivity contribution is -0.133. The Balaban J connectivity index is 1.90. The summed E-state index contributed by atoms with van der Waals surface area (Å²) in [5, 5.41) is 0. The summed E-state index contributed by atoms with van der Waals surface area (Å²) in [5.74, 6) is 0.674. The first-order valence-corrected chi connectivity index (χ1v) is 6.99. The largest absolute Gasteiger partial charge is 0.484 e. The van der Waals surface area contributed by atoms with Gasteiger partial charge in [0.2, 0.25) is 0 Å². The van der Waals surface area contributed by atoms with Crippen LogP contribution in [0.5, 0.6) is 5.75 Å². The molecule has 0 heterocycles. The first-order chi connectivity index (χ1) is 10.2. The number of amides is 1. The van der Waals surface area contributed by atoms with Crippen LogP contribution in [0.3, 0.4) is 0 Å². The molecule has 0 fully saturated rings. The van der Waals surface area contributed by atoms with E-state index in [4.69, 9.17) is 10.5 Å². The summed E-state index contributed by atoms with van der Waals surface area (Å²) in [5.41, 5.74) is 7.44. The fraction of sp³-hybridized carbons (Fsp3) is 0.235. The van der Waals surface area contributed by atoms with Gasteiger partial charge in [0.05, 0.1) is 0 Å². The molecule has 2 rings (SSSR count). The van der Waals surface area contributed by atoms with Gasteiger partial charge in [-0.3, -0.25) is 4.79 Å². The predicted molar refractivity (Wildman–Crippen MR) is 83.9 cm³/mol. The number of hydrogen-bond acceptors (Lipinski definition) is 3. The van der Waals surface area contributed by atoms with Crippen molar-refractivity contribution in [1.82, 2.24) is 4.90 Å². The summed E-state index contributed by atoms with van der Waals surface area (Å²) in [6.07, 6.45) is 0. The molecule has 0 aliphatic heterocycles. The lowest BCUT2D eigenvalue weighted by atomic mass is 10.2. The second kappa shape index (κ2) is 7.33. The first-order valence-electron chi connectivity index (χ1n) is 6.99. The van der Waals surface area contributed by atoms with Crippen LogP contribution in [-0.2, 0) is 11.3 Å². The number of benzene rings is 2. The molecule has 2 aromatic carbocycles. The minimum Gasteiger partial charge on any atom is -0.484 e. The highest BCUT2D eigenvalue weighted by Crippen LogP contribution is 2.11. The van der Waals surface area contributed by atoms with E-state index < -0.39 is 0 Å². The Morgan fingerprint density at radius 3 is 2.38 bits per heavy atom. The van der Waals surface area contributed by atoms with E-state index in [9.17, 15) is 4.79 Å². The third kappa shape index (κ3) is 4.53. The SMILES string of the molecule is CCN(Cc1ccc(N)cc1)C(=O)COc1ccccc1. The molecule has 0 bridgehead atoms. The molecule has 0 unspecified atom stereocenters. The van der Waals surface area contributed by atoms with Gasteiger partial charge in [-0.15, -0.1) is 0 Å². The topological polar surface area (TPSA) is 55.6 Å². The van der Waals surface area contributed by atoms with E-state index in [1.54, 1.807) is 4.90 Å². The van der Waals surface area contributed by atoms with E-state index >= 15 is 0 Å². The van der Waals surface area contributed by atoms with Crippen LogP contribution in [0.25, 0.3) is 0 Å². The van der Waals surface area contributed by atoms with E-state index in [1.807, 2.05) is 61.5 Å². The van der Waals surface area contributed by atoms with E-state index in [-0.39, 0.29) is 12.5 Å². The zero-order valence-corrected chi connectivity index (χ0v) is 12.2. The number of anilines is 1. The minimum atomic E-state index is -0.0295. The number of carbonyl (C=O) groups is 1. The molecule has 0 aromatic heterocycles. The predicted octanol–water partition coefficient (Wildman–Crippen LogP) is 2.70. The summed E-state index contributed by atoms with van der Waals surface area (Å²) < 4.78 is 5.50. The van der Waals surface area contributed by atoms with Crippen molar-refractivity contribution in [2.24, 2.45) is 0 Å². The van der Waals surface area contributed by atoms with Gasteiger partial charge in [0.15, 0.2) is 6.61 Å². The van der Waals surface area contributed by atoms with Gasteiger partial charge in [0, 0.05) is 18.8 Å². The van der Waals surface area contributed by atoms with Gasteiger partial charge >= 0.3 is 0 Å². The van der Waals surface area contributed by atoms with Crippen LogP contribution >= 0.6 is 0 Å². The van der Waals surface area contributed by atoms with Crippen LogP contribution in [0.4, 0.5) is 5.69 Å². The molecule has 2 N–H and O–H groups in total. The average Bonchev–Trinajstić information content (AvgIpc) is 2.53. The molecule has 21 heavy (non-hydrogen) atoms. The van der Waals surface area contributed by atoms with Gasteiger partial charge in [0.25, 0.3) is 5.91 Å². The van der Waals surface area contributed by atoms with E-state index in [1.165, 1.54) is 0 Å². The Kier molecular flexibility index (Phi) is 5.21. The zero-order chi connectivity index (χ0) is 15.1. The van der Waals surface area contributed by atoms with Crippen LogP contribution in [0, 0.1) is 0 Å². The lowest BCUT2D eigenvalue weighted by Gasteiger charge is -2.21. The van der Waals surface area contributed by atoms with Crippen molar-refractivity contribution < 1.29 is 9.53 Å². The van der Waals surface area contributed by atoms with E-state index in [0.717, 1.165) is 11.3 Å². The first kappa shape index (κ1) is 14.9. The second-order valence-electron chi connectivity index (χ2n) is 4.75. The highest BCUT2D eigenvalue weighted by atomic mass is 16.5. The molecular formula is C17H20N2O2. The maximum atomic E-state index is 12.2. The summed E-state index contributed by atoms with van der Waals surface area (Å²) in [6, 6.07) is 16.9. The second-order valence-corrected chi connectivity index (χ2v) is 4.75. The number of para-hydroxylation sites is 1. The molecule has 0 atom stereocenters. The van der Waals surface area contributed by atoms with Crippen LogP contribution in [-0.4, -0.2) is 24.0 Å². The number of nitrogens with zero attached hydrogens (tertiary/aromatic N) is 1. The number of rotatable bonds is 6. The Labute approximate surface area is 125 Å². The van der Waals surface area contributed by atoms with Gasteiger partial charge in [-0.2, -0.15) is 0 Å². The van der Waals surface area contributed by atoms with Crippen molar-refractivity contribution in [1.29, 1.82) is 0 Å². The molecule has 1 amide bonds. The fourth-order valence-corrected chi connectivity index (χ4v) is 1.97. The van der Waals surface area contributed by atoms with Gasteiger partial charge in [-0.25, -0.2) is 0 Å². The molecule has 0 saturated heterocycles. The summed E-state index contributed by atoms with van der Waals surface area (Å²) in [4.78, 5) is 14.0. The van der Waals surface area contributed by atoms with Crippen molar-refractivity contribution in [2.75, 3.05) is 18.9 Å². The highest BCUT2D eigenvalue weighted by Gasteiger charge is 2.12. The van der Waals surface area contributed by atoms with Crippen LogP contribution in [0.1, 0.15) is 12.5 Å². The van der Waals surface area contributed by atoms with Crippen molar-refractivity contribution in [3.8, 4) is 5.75 Å². The fourth-order valence-electron chi connectivity index (χ4n) is 1.97. The third-order valence-corrected chi connectivity index (χ3v) is 3.19. The van der Waals surface area contributed by atoms with E-state index in [2.05, 4.69) is 0 Å². The monoisotopic (exact) mass is 284 g/mol. The van der Waals surface area contributed by atoms with E-state index in [0.29, 0.717) is 18.8 Å². The van der Waals surface area contributed by atoms with Crippen molar-refractivity contribution in [3.05, 3.63) is 60.2 Å². The maximum Gasteiger partial charge on any atom is 0.260 e. The van der Waals surface area contributed by atoms with Gasteiger partial charge in [-0.05, 0) is 36.8 Å². The number of carbonyl (C=O) groups excluding carboxylic acids is 1. The third-order valence-electron chi connectivity index (χ3n) is 3.19. The molecule has 0 aliphatic rings. The Morgan fingerprint density at radius 2 is 1.76 bits per heavy atom. The molecule has 2 aromatic rings. The maximum absolute atomic E-state index is 12.2. The standard InChI is InChI=1S/C17H20N2O2/c1-2-19(12-14-8-10-15(18)11-9-14)17(20)13-21-16-6-4-3-5-7-16/h3-11H,2,12-13,18H2,1H3. The molecule has 4 heteroatoms. The lowest BCUT2D eigenvalue weighted by Crippen LogP contribution is -2.34. The Bertz CT molecular complexity index is 567. The highest BCUT2D eigenvalue weighted by molar-refractivity contribution is 5.77. The molecule has 0 saturated carbocycles. The van der Waals surface area contributed by atoms with Crippen LogP contribution < -0.4 is 10.5 Å². The van der Waals surface area contributed by atoms with Crippen LogP contribution in [0.15, 0.2) is 54.6 Å². The average molecular weight is 284 g/mol. The normalized spacial score (nSPS) is 10.1. The molecule has 0 aliphatic carbocycles. The zero-order valence-electron chi connectivity index (χ0n) is 12.2. The molecular weight excluding hydrogens is 264 g/mol. The van der Waals surface area contributed by atoms with Gasteiger partial charge in [0.1, 0.15) is 5.75 Å². The number of hydrogen-bond donors (Lipinski definition) is 1. The Hall–Kier alpha value is -2.49. The van der Waals surface area contributed by atoms with Gasteiger partial charge in [-0.1, -0.05) is 30.3 Å². The Morgan fingerprint density at radius 1 is 1.10 bits per heavy atom. The molecule has 0 spiro atoms. The number of ether oxygens (including phenoxy) is 1. The smallest absolute Gasteiger partial charge is 0.260 e. The van der Waals surface area contributed by atoms with Crippen molar-refractivity contribution in [3.63, 3.8) is 0 Å². The van der Waals surface area contributed by atoms with Crippen molar-refractivity contribution in [2.45, 2.75) is 13.5 Å². The van der Waals surface area contributed by atoms with Crippen molar-refractivity contribution >= 4 is 11.6 Å². The van der Waals surface area contributed by atoms with Crippen LogP contribution in [0.2, 0.25) is 0 Å². The molecule has 0 radical (unpaired) electrons. The number of nitrogen functional groups attached to an aromatic ring is 1. The summed E-state index contributed by atoms with van der Waals surface area (Å²) in [7, 11) is 0. The summed E-state index contributed by atoms with van der Waals surface area (Å²) in [6.45, 7) is 3.21. The molecule has 110 valence electrons. The quantitative estimate of drug-likeness (QED) is 0.830. The number of nitrogens with two attached hydrogens (primary N) is 1.